The summed E-state index contributed by atoms with van der Waals surface area (Å²) in [5.41, 5.74) is 0.506. The van der Waals surface area contributed by atoms with Gasteiger partial charge in [0.15, 0.2) is 5.82 Å². The molecule has 0 aliphatic heterocycles. The minimum absolute atomic E-state index is 0.250. The highest BCUT2D eigenvalue weighted by atomic mass is 16.5. The Kier molecular flexibility index (Phi) is 5.71. The number of methoxy groups -OCH3 is 1. The van der Waals surface area contributed by atoms with Crippen LogP contribution in [0.1, 0.15) is 30.1 Å². The summed E-state index contributed by atoms with van der Waals surface area (Å²) in [6, 6.07) is 10.5. The summed E-state index contributed by atoms with van der Waals surface area (Å²) in [5.74, 6) is 1.50. The largest absolute Gasteiger partial charge is 0.497 e. The smallest absolute Gasteiger partial charge is 0.256 e. The van der Waals surface area contributed by atoms with E-state index in [1.165, 1.54) is 0 Å². The summed E-state index contributed by atoms with van der Waals surface area (Å²) in [5, 5.41) is 13.9. The number of benzene rings is 1. The average Bonchev–Trinajstić information content (AvgIpc) is 2.56. The van der Waals surface area contributed by atoms with Crippen molar-refractivity contribution < 1.29 is 9.53 Å². The molecule has 0 aliphatic rings. The first kappa shape index (κ1) is 15.8. The zero-order chi connectivity index (χ0) is 15.8. The zero-order valence-electron chi connectivity index (χ0n) is 12.8. The fourth-order valence-electron chi connectivity index (χ4n) is 1.84. The number of rotatable bonds is 7. The van der Waals surface area contributed by atoms with Gasteiger partial charge in [0.2, 0.25) is 0 Å². The van der Waals surface area contributed by atoms with Crippen molar-refractivity contribution in [2.75, 3.05) is 24.3 Å². The fraction of sp³-hybridized carbons (Fsp3) is 0.312. The maximum absolute atomic E-state index is 12.1. The summed E-state index contributed by atoms with van der Waals surface area (Å²) in [7, 11) is 1.56. The minimum Gasteiger partial charge on any atom is -0.497 e. The predicted octanol–water partition coefficient (Wildman–Crippen LogP) is 2.95. The highest BCUT2D eigenvalue weighted by Gasteiger charge is 2.08. The van der Waals surface area contributed by atoms with Gasteiger partial charge in [-0.15, -0.1) is 10.2 Å². The molecule has 0 fully saturated rings. The molecule has 2 N–H and O–H groups in total. The third kappa shape index (κ3) is 4.44. The van der Waals surface area contributed by atoms with Crippen LogP contribution in [0.4, 0.5) is 11.6 Å². The molecule has 0 bridgehead atoms. The molecule has 2 aromatic rings. The quantitative estimate of drug-likeness (QED) is 0.769. The molecule has 0 spiro atoms. The van der Waals surface area contributed by atoms with Crippen LogP contribution < -0.4 is 15.4 Å². The lowest BCUT2D eigenvalue weighted by Crippen LogP contribution is -2.14. The van der Waals surface area contributed by atoms with E-state index < -0.39 is 0 Å². The van der Waals surface area contributed by atoms with Crippen LogP contribution in [0.2, 0.25) is 0 Å². The summed E-state index contributed by atoms with van der Waals surface area (Å²) in [6.07, 6.45) is 2.20. The van der Waals surface area contributed by atoms with Crippen LogP contribution in [0.5, 0.6) is 5.75 Å². The van der Waals surface area contributed by atoms with Gasteiger partial charge < -0.3 is 15.4 Å². The van der Waals surface area contributed by atoms with E-state index in [1.54, 1.807) is 43.5 Å². The molecule has 116 valence electrons. The van der Waals surface area contributed by atoms with Gasteiger partial charge in [-0.2, -0.15) is 0 Å². The third-order valence-corrected chi connectivity index (χ3v) is 3.07. The molecule has 6 nitrogen and oxygen atoms in total. The van der Waals surface area contributed by atoms with Crippen molar-refractivity contribution in [1.82, 2.24) is 10.2 Å². The van der Waals surface area contributed by atoms with Gasteiger partial charge >= 0.3 is 0 Å². The van der Waals surface area contributed by atoms with Gasteiger partial charge in [-0.25, -0.2) is 0 Å². The first-order valence-electron chi connectivity index (χ1n) is 7.26. The van der Waals surface area contributed by atoms with Crippen LogP contribution in [0, 0.1) is 0 Å². The molecule has 0 aliphatic carbocycles. The van der Waals surface area contributed by atoms with E-state index >= 15 is 0 Å². The van der Waals surface area contributed by atoms with Crippen molar-refractivity contribution >= 4 is 17.5 Å². The Morgan fingerprint density at radius 2 is 1.95 bits per heavy atom. The summed E-state index contributed by atoms with van der Waals surface area (Å²) in [4.78, 5) is 12.1. The molecule has 22 heavy (non-hydrogen) atoms. The van der Waals surface area contributed by atoms with Gasteiger partial charge in [0, 0.05) is 12.1 Å². The zero-order valence-corrected chi connectivity index (χ0v) is 12.8. The number of nitrogens with one attached hydrogen (secondary N) is 2. The number of unbranched alkanes of at least 4 members (excludes halogenated alkanes) is 1. The van der Waals surface area contributed by atoms with Gasteiger partial charge in [0.1, 0.15) is 11.6 Å². The number of amides is 1. The van der Waals surface area contributed by atoms with Gasteiger partial charge in [-0.3, -0.25) is 4.79 Å². The molecule has 1 heterocycles. The Bertz CT molecular complexity index is 614. The number of hydrogen-bond donors (Lipinski definition) is 2. The Hall–Kier alpha value is -2.63. The van der Waals surface area contributed by atoms with Crippen molar-refractivity contribution in [2.24, 2.45) is 0 Å². The summed E-state index contributed by atoms with van der Waals surface area (Å²) >= 11 is 0. The Labute approximate surface area is 129 Å². The molecule has 0 unspecified atom stereocenters. The SMILES string of the molecule is CCCCNc1ccc(NC(=O)c2cccc(OC)c2)nn1. The highest BCUT2D eigenvalue weighted by molar-refractivity contribution is 6.03. The molecule has 0 radical (unpaired) electrons. The molecule has 1 amide bonds. The number of hydrogen-bond acceptors (Lipinski definition) is 5. The molecule has 0 saturated heterocycles. The highest BCUT2D eigenvalue weighted by Crippen LogP contribution is 2.14. The standard InChI is InChI=1S/C16H20N4O2/c1-3-4-10-17-14-8-9-15(20-19-14)18-16(21)12-6-5-7-13(11-12)22-2/h5-9,11H,3-4,10H2,1-2H3,(H,17,19)(H,18,20,21). The van der Waals surface area contributed by atoms with E-state index in [-0.39, 0.29) is 5.91 Å². The molecular formula is C16H20N4O2. The Morgan fingerprint density at radius 3 is 2.64 bits per heavy atom. The second-order valence-electron chi connectivity index (χ2n) is 4.77. The average molecular weight is 300 g/mol. The molecule has 0 saturated carbocycles. The van der Waals surface area contributed by atoms with Gasteiger partial charge in [0.05, 0.1) is 7.11 Å². The number of aromatic nitrogens is 2. The van der Waals surface area contributed by atoms with Gasteiger partial charge in [0.25, 0.3) is 5.91 Å². The molecular weight excluding hydrogens is 280 g/mol. The summed E-state index contributed by atoms with van der Waals surface area (Å²) in [6.45, 7) is 2.99. The second-order valence-corrected chi connectivity index (χ2v) is 4.77. The molecule has 6 heteroatoms. The molecule has 1 aromatic carbocycles. The molecule has 0 atom stereocenters. The first-order chi connectivity index (χ1) is 10.7. The van der Waals surface area contributed by atoms with Gasteiger partial charge in [-0.1, -0.05) is 19.4 Å². The van der Waals surface area contributed by atoms with Crippen molar-refractivity contribution in [3.63, 3.8) is 0 Å². The number of anilines is 2. The van der Waals surface area contributed by atoms with E-state index in [2.05, 4.69) is 27.8 Å². The number of ether oxygens (including phenoxy) is 1. The predicted molar refractivity (Wildman–Crippen MR) is 86.4 cm³/mol. The Morgan fingerprint density at radius 1 is 1.18 bits per heavy atom. The van der Waals surface area contributed by atoms with Crippen molar-refractivity contribution in [1.29, 1.82) is 0 Å². The van der Waals surface area contributed by atoms with E-state index in [9.17, 15) is 4.79 Å². The van der Waals surface area contributed by atoms with Crippen molar-refractivity contribution in [3.05, 3.63) is 42.0 Å². The summed E-state index contributed by atoms with van der Waals surface area (Å²) < 4.78 is 5.10. The van der Waals surface area contributed by atoms with E-state index in [0.29, 0.717) is 22.9 Å². The lowest BCUT2D eigenvalue weighted by atomic mass is 10.2. The van der Waals surface area contributed by atoms with Crippen molar-refractivity contribution in [2.45, 2.75) is 19.8 Å². The monoisotopic (exact) mass is 300 g/mol. The van der Waals surface area contributed by atoms with Crippen molar-refractivity contribution in [3.8, 4) is 5.75 Å². The lowest BCUT2D eigenvalue weighted by molar-refractivity contribution is 0.102. The van der Waals surface area contributed by atoms with Crippen LogP contribution in [0.3, 0.4) is 0 Å². The first-order valence-corrected chi connectivity index (χ1v) is 7.26. The van der Waals surface area contributed by atoms with E-state index in [0.717, 1.165) is 19.4 Å². The van der Waals surface area contributed by atoms with E-state index in [1.807, 2.05) is 0 Å². The van der Waals surface area contributed by atoms with Crippen LogP contribution >= 0.6 is 0 Å². The van der Waals surface area contributed by atoms with Crippen LogP contribution in [-0.4, -0.2) is 29.8 Å². The number of carbonyl (C=O) groups excluding carboxylic acids is 1. The Balaban J connectivity index is 1.96. The molecule has 1 aromatic heterocycles. The second kappa shape index (κ2) is 7.97. The topological polar surface area (TPSA) is 76.1 Å². The van der Waals surface area contributed by atoms with Crippen LogP contribution in [-0.2, 0) is 0 Å². The third-order valence-electron chi connectivity index (χ3n) is 3.07. The van der Waals surface area contributed by atoms with Crippen LogP contribution in [0.25, 0.3) is 0 Å². The lowest BCUT2D eigenvalue weighted by Gasteiger charge is -2.07. The molecule has 2 rings (SSSR count). The van der Waals surface area contributed by atoms with E-state index in [4.69, 9.17) is 4.74 Å². The maximum Gasteiger partial charge on any atom is 0.256 e. The van der Waals surface area contributed by atoms with Crippen LogP contribution in [0.15, 0.2) is 36.4 Å². The maximum atomic E-state index is 12.1. The van der Waals surface area contributed by atoms with Gasteiger partial charge in [-0.05, 0) is 36.8 Å². The minimum atomic E-state index is -0.250. The number of nitrogens with zero attached hydrogens (tertiary/aromatic N) is 2. The fourth-order valence-corrected chi connectivity index (χ4v) is 1.84. The number of carbonyl (C=O) groups is 1. The normalized spacial score (nSPS) is 10.1.